The fourth-order valence-electron chi connectivity index (χ4n) is 2.39. The van der Waals surface area contributed by atoms with Crippen molar-refractivity contribution in [2.45, 2.75) is 20.0 Å². The number of rotatable bonds is 4. The molecule has 118 valence electrons. The van der Waals surface area contributed by atoms with Gasteiger partial charge in [-0.05, 0) is 37.6 Å². The Morgan fingerprint density at radius 3 is 2.59 bits per heavy atom. The summed E-state index contributed by atoms with van der Waals surface area (Å²) in [4.78, 5) is 15.3. The Labute approximate surface area is 126 Å². The Kier molecular flexibility index (Phi) is 4.30. The average Bonchev–Trinajstić information content (AvgIpc) is 2.35. The fraction of sp³-hybridized carbons (Fsp3) is 0.312. The lowest BCUT2D eigenvalue weighted by Crippen LogP contribution is -2.35. The maximum atomic E-state index is 12.8. The van der Waals surface area contributed by atoms with Crippen molar-refractivity contribution in [3.63, 3.8) is 0 Å². The van der Waals surface area contributed by atoms with Crippen molar-refractivity contribution in [1.82, 2.24) is 4.98 Å². The molecule has 0 unspecified atom stereocenters. The van der Waals surface area contributed by atoms with Crippen LogP contribution in [0.4, 0.5) is 18.9 Å². The van der Waals surface area contributed by atoms with Crippen molar-refractivity contribution in [3.8, 4) is 0 Å². The summed E-state index contributed by atoms with van der Waals surface area (Å²) in [7, 11) is 0. The van der Waals surface area contributed by atoms with E-state index in [2.05, 4.69) is 11.6 Å². The minimum atomic E-state index is -4.30. The number of aromatic nitrogens is 1. The van der Waals surface area contributed by atoms with Gasteiger partial charge in [0.15, 0.2) is 0 Å². The highest BCUT2D eigenvalue weighted by Crippen LogP contribution is 2.26. The van der Waals surface area contributed by atoms with Crippen molar-refractivity contribution in [3.05, 3.63) is 52.3 Å². The van der Waals surface area contributed by atoms with Gasteiger partial charge < -0.3 is 9.88 Å². The number of nitrogens with one attached hydrogen (secondary N) is 1. The minimum absolute atomic E-state index is 0.118. The summed E-state index contributed by atoms with van der Waals surface area (Å²) in [5.41, 5.74) is 2.19. The van der Waals surface area contributed by atoms with Gasteiger partial charge >= 0.3 is 6.18 Å². The minimum Gasteiger partial charge on any atom is -0.359 e. The molecule has 22 heavy (non-hydrogen) atoms. The normalized spacial score (nSPS) is 11.7. The molecule has 1 aromatic carbocycles. The Morgan fingerprint density at radius 2 is 2.00 bits per heavy atom. The Bertz CT molecular complexity index is 762. The summed E-state index contributed by atoms with van der Waals surface area (Å²) in [6.07, 6.45) is -4.30. The molecule has 0 atom stereocenters. The molecule has 1 N–H and O–H groups in total. The maximum Gasteiger partial charge on any atom is 0.405 e. The summed E-state index contributed by atoms with van der Waals surface area (Å²) in [5, 5.41) is 0.728. The third-order valence-corrected chi connectivity index (χ3v) is 3.23. The number of anilines is 1. The van der Waals surface area contributed by atoms with Crippen LogP contribution in [0.3, 0.4) is 0 Å². The quantitative estimate of drug-likeness (QED) is 0.872. The van der Waals surface area contributed by atoms with E-state index in [9.17, 15) is 18.0 Å². The van der Waals surface area contributed by atoms with Crippen LogP contribution in [-0.2, 0) is 0 Å². The average molecular weight is 310 g/mol. The largest absolute Gasteiger partial charge is 0.405 e. The lowest BCUT2D eigenvalue weighted by Gasteiger charge is -2.26. The standard InChI is InChI=1S/C16H17F3N2O/c1-10(2)8-21(9-16(17,18)19)12-4-5-14-13(7-12)11(3)6-15(22)20-14/h4-7H,1,8-9H2,2-3H3,(H,20,22). The zero-order valence-corrected chi connectivity index (χ0v) is 12.4. The molecule has 0 saturated carbocycles. The smallest absolute Gasteiger partial charge is 0.359 e. The number of hydrogen-bond acceptors (Lipinski definition) is 2. The molecule has 2 rings (SSSR count). The van der Waals surface area contributed by atoms with E-state index in [1.807, 2.05) is 0 Å². The number of pyridine rings is 1. The van der Waals surface area contributed by atoms with Gasteiger partial charge in [0.2, 0.25) is 5.56 Å². The molecule has 0 aliphatic heterocycles. The zero-order chi connectivity index (χ0) is 16.5. The third kappa shape index (κ3) is 3.90. The Balaban J connectivity index is 2.49. The van der Waals surface area contributed by atoms with Crippen LogP contribution in [-0.4, -0.2) is 24.2 Å². The second kappa shape index (κ2) is 5.87. The highest BCUT2D eigenvalue weighted by Gasteiger charge is 2.31. The Hall–Kier alpha value is -2.24. The number of H-pyrrole nitrogens is 1. The first-order chi connectivity index (χ1) is 10.2. The molecule has 0 fully saturated rings. The number of hydrogen-bond donors (Lipinski definition) is 1. The molecule has 0 spiro atoms. The zero-order valence-electron chi connectivity index (χ0n) is 12.4. The van der Waals surface area contributed by atoms with E-state index < -0.39 is 12.7 Å². The second-order valence-electron chi connectivity index (χ2n) is 5.47. The molecule has 0 radical (unpaired) electrons. The molecular weight excluding hydrogens is 293 g/mol. The summed E-state index contributed by atoms with van der Waals surface area (Å²) in [6, 6.07) is 6.29. The van der Waals surface area contributed by atoms with Crippen LogP contribution in [0.2, 0.25) is 0 Å². The van der Waals surface area contributed by atoms with Gasteiger partial charge in [0.05, 0.1) is 0 Å². The summed E-state index contributed by atoms with van der Waals surface area (Å²) >= 11 is 0. The number of fused-ring (bicyclic) bond motifs is 1. The Morgan fingerprint density at radius 1 is 1.32 bits per heavy atom. The fourth-order valence-corrected chi connectivity index (χ4v) is 2.39. The number of halogens is 3. The molecule has 3 nitrogen and oxygen atoms in total. The van der Waals surface area contributed by atoms with E-state index >= 15 is 0 Å². The second-order valence-corrected chi connectivity index (χ2v) is 5.47. The molecular formula is C16H17F3N2O. The van der Waals surface area contributed by atoms with Gasteiger partial charge in [-0.1, -0.05) is 12.2 Å². The first-order valence-electron chi connectivity index (χ1n) is 6.75. The van der Waals surface area contributed by atoms with Gasteiger partial charge in [0, 0.05) is 29.2 Å². The molecule has 0 amide bonds. The topological polar surface area (TPSA) is 36.1 Å². The predicted molar refractivity (Wildman–Crippen MR) is 82.4 cm³/mol. The molecule has 2 aromatic rings. The van der Waals surface area contributed by atoms with E-state index in [-0.39, 0.29) is 12.1 Å². The summed E-state index contributed by atoms with van der Waals surface area (Å²) < 4.78 is 38.3. The van der Waals surface area contributed by atoms with Crippen molar-refractivity contribution in [2.75, 3.05) is 18.0 Å². The first kappa shape index (κ1) is 16.1. The van der Waals surface area contributed by atoms with Crippen LogP contribution in [0.5, 0.6) is 0 Å². The SMILES string of the molecule is C=C(C)CN(CC(F)(F)F)c1ccc2[nH]c(=O)cc(C)c2c1. The molecule has 1 heterocycles. The predicted octanol–water partition coefficient (Wildman–Crippen LogP) is 3.78. The lowest BCUT2D eigenvalue weighted by atomic mass is 10.1. The first-order valence-corrected chi connectivity index (χ1v) is 6.75. The molecule has 0 aliphatic rings. The van der Waals surface area contributed by atoms with E-state index in [1.54, 1.807) is 32.0 Å². The maximum absolute atomic E-state index is 12.8. The summed E-state index contributed by atoms with van der Waals surface area (Å²) in [6.45, 7) is 6.20. The van der Waals surface area contributed by atoms with Crippen LogP contribution >= 0.6 is 0 Å². The highest BCUT2D eigenvalue weighted by atomic mass is 19.4. The molecule has 1 aromatic heterocycles. The van der Waals surface area contributed by atoms with Crippen molar-refractivity contribution < 1.29 is 13.2 Å². The van der Waals surface area contributed by atoms with Crippen LogP contribution in [0.15, 0.2) is 41.2 Å². The molecule has 0 aliphatic carbocycles. The van der Waals surface area contributed by atoms with E-state index in [4.69, 9.17) is 0 Å². The van der Waals surface area contributed by atoms with Crippen molar-refractivity contribution >= 4 is 16.6 Å². The number of nitrogens with zero attached hydrogens (tertiary/aromatic N) is 1. The van der Waals surface area contributed by atoms with E-state index in [0.717, 1.165) is 10.9 Å². The molecule has 0 bridgehead atoms. The monoisotopic (exact) mass is 310 g/mol. The van der Waals surface area contributed by atoms with Gasteiger partial charge in [-0.2, -0.15) is 13.2 Å². The summed E-state index contributed by atoms with van der Waals surface area (Å²) in [5.74, 6) is 0. The van der Waals surface area contributed by atoms with Gasteiger partial charge in [-0.3, -0.25) is 4.79 Å². The number of aryl methyl sites for hydroxylation is 1. The third-order valence-electron chi connectivity index (χ3n) is 3.23. The highest BCUT2D eigenvalue weighted by molar-refractivity contribution is 5.85. The van der Waals surface area contributed by atoms with Gasteiger partial charge in [-0.25, -0.2) is 0 Å². The molecule has 6 heteroatoms. The van der Waals surface area contributed by atoms with Crippen molar-refractivity contribution in [2.24, 2.45) is 0 Å². The van der Waals surface area contributed by atoms with Crippen LogP contribution in [0, 0.1) is 6.92 Å². The van der Waals surface area contributed by atoms with E-state index in [1.165, 1.54) is 11.0 Å². The van der Waals surface area contributed by atoms with Gasteiger partial charge in [0.25, 0.3) is 0 Å². The number of alkyl halides is 3. The number of benzene rings is 1. The van der Waals surface area contributed by atoms with Crippen LogP contribution < -0.4 is 10.5 Å². The van der Waals surface area contributed by atoms with Crippen LogP contribution in [0.25, 0.3) is 10.9 Å². The van der Waals surface area contributed by atoms with Crippen LogP contribution in [0.1, 0.15) is 12.5 Å². The van der Waals surface area contributed by atoms with Gasteiger partial charge in [0.1, 0.15) is 6.54 Å². The number of aromatic amines is 1. The van der Waals surface area contributed by atoms with E-state index in [0.29, 0.717) is 16.8 Å². The lowest BCUT2D eigenvalue weighted by molar-refractivity contribution is -0.119. The van der Waals surface area contributed by atoms with Gasteiger partial charge in [-0.15, -0.1) is 0 Å². The molecule has 0 saturated heterocycles. The van der Waals surface area contributed by atoms with Crippen molar-refractivity contribution in [1.29, 1.82) is 0 Å².